The van der Waals surface area contributed by atoms with E-state index in [0.717, 1.165) is 13.1 Å². The number of carbonyl (C=O) groups excluding carboxylic acids is 1. The number of nitro benzene ring substituents is 1. The number of nitro groups is 1. The van der Waals surface area contributed by atoms with Crippen LogP contribution in [0.25, 0.3) is 0 Å². The van der Waals surface area contributed by atoms with E-state index in [2.05, 4.69) is 15.4 Å². The molecule has 1 aliphatic rings. The third-order valence-corrected chi connectivity index (χ3v) is 5.14. The van der Waals surface area contributed by atoms with Crippen LogP contribution >= 0.6 is 0 Å². The highest BCUT2D eigenvalue weighted by molar-refractivity contribution is 5.99. The van der Waals surface area contributed by atoms with Gasteiger partial charge in [-0.3, -0.25) is 19.8 Å². The van der Waals surface area contributed by atoms with Crippen molar-refractivity contribution in [3.63, 3.8) is 0 Å². The number of hydrogen-bond acceptors (Lipinski definition) is 5. The fourth-order valence-electron chi connectivity index (χ4n) is 3.34. The third kappa shape index (κ3) is 5.45. The maximum Gasteiger partial charge on any atom is 0.269 e. The number of benzene rings is 2. The molecular formula is C21H23FN4O3. The third-order valence-electron chi connectivity index (χ3n) is 5.14. The molecule has 1 amide bonds. The lowest BCUT2D eigenvalue weighted by Crippen LogP contribution is -2.39. The van der Waals surface area contributed by atoms with Gasteiger partial charge in [-0.05, 0) is 56.6 Å². The minimum Gasteiger partial charge on any atom is -0.299 e. The summed E-state index contributed by atoms with van der Waals surface area (Å²) in [4.78, 5) is 24.8. The highest BCUT2D eigenvalue weighted by atomic mass is 19.1. The van der Waals surface area contributed by atoms with Gasteiger partial charge in [0.25, 0.3) is 5.69 Å². The Hall–Kier alpha value is -3.13. The van der Waals surface area contributed by atoms with Crippen LogP contribution in [0.2, 0.25) is 0 Å². The zero-order chi connectivity index (χ0) is 20.8. The number of carbonyl (C=O) groups is 1. The predicted octanol–water partition coefficient (Wildman–Crippen LogP) is 3.49. The van der Waals surface area contributed by atoms with Gasteiger partial charge in [0.2, 0.25) is 5.91 Å². The molecule has 0 aromatic heterocycles. The first-order valence-corrected chi connectivity index (χ1v) is 9.49. The minimum absolute atomic E-state index is 0.00716. The SMILES string of the molecule is CC(=NNC(=O)C1CCN(Cc2ccccc2F)CC1)c1ccc([N+](=O)[O-])cc1. The number of non-ortho nitro benzene ring substituents is 1. The van der Waals surface area contributed by atoms with Crippen molar-refractivity contribution in [3.05, 3.63) is 75.6 Å². The number of hydrogen-bond donors (Lipinski definition) is 1. The van der Waals surface area contributed by atoms with Crippen molar-refractivity contribution in [2.24, 2.45) is 11.0 Å². The van der Waals surface area contributed by atoms with E-state index in [-0.39, 0.29) is 23.3 Å². The van der Waals surface area contributed by atoms with Gasteiger partial charge in [0.1, 0.15) is 5.82 Å². The maximum absolute atomic E-state index is 13.8. The summed E-state index contributed by atoms with van der Waals surface area (Å²) in [6.07, 6.45) is 1.37. The first-order valence-electron chi connectivity index (χ1n) is 9.49. The van der Waals surface area contributed by atoms with E-state index < -0.39 is 4.92 Å². The Bertz CT molecular complexity index is 906. The van der Waals surface area contributed by atoms with Gasteiger partial charge >= 0.3 is 0 Å². The van der Waals surface area contributed by atoms with Gasteiger partial charge in [-0.2, -0.15) is 5.10 Å². The molecule has 1 heterocycles. The summed E-state index contributed by atoms with van der Waals surface area (Å²) >= 11 is 0. The first-order chi connectivity index (χ1) is 13.9. The lowest BCUT2D eigenvalue weighted by molar-refractivity contribution is -0.384. The van der Waals surface area contributed by atoms with Crippen LogP contribution < -0.4 is 5.43 Å². The Labute approximate surface area is 168 Å². The maximum atomic E-state index is 13.8. The van der Waals surface area contributed by atoms with Crippen LogP contribution in [-0.2, 0) is 11.3 Å². The lowest BCUT2D eigenvalue weighted by Gasteiger charge is -2.31. The number of rotatable bonds is 6. The highest BCUT2D eigenvalue weighted by Gasteiger charge is 2.25. The van der Waals surface area contributed by atoms with Gasteiger partial charge in [0.15, 0.2) is 0 Å². The summed E-state index contributed by atoms with van der Waals surface area (Å²) in [6.45, 7) is 3.71. The molecule has 0 unspecified atom stereocenters. The second-order valence-corrected chi connectivity index (χ2v) is 7.12. The molecule has 2 aromatic carbocycles. The molecule has 8 heteroatoms. The van der Waals surface area contributed by atoms with E-state index in [1.807, 2.05) is 6.07 Å². The number of piperidine rings is 1. The molecule has 1 saturated heterocycles. The van der Waals surface area contributed by atoms with E-state index in [1.165, 1.54) is 18.2 Å². The fraction of sp³-hybridized carbons (Fsp3) is 0.333. The average Bonchev–Trinajstić information content (AvgIpc) is 2.74. The molecule has 1 fully saturated rings. The second-order valence-electron chi connectivity index (χ2n) is 7.12. The van der Waals surface area contributed by atoms with Crippen molar-refractivity contribution < 1.29 is 14.1 Å². The topological polar surface area (TPSA) is 87.8 Å². The van der Waals surface area contributed by atoms with Gasteiger partial charge in [-0.25, -0.2) is 9.82 Å². The lowest BCUT2D eigenvalue weighted by atomic mass is 9.96. The zero-order valence-corrected chi connectivity index (χ0v) is 16.2. The molecule has 0 aliphatic carbocycles. The molecule has 2 aromatic rings. The van der Waals surface area contributed by atoms with Gasteiger partial charge in [-0.1, -0.05) is 18.2 Å². The van der Waals surface area contributed by atoms with Crippen molar-refractivity contribution >= 4 is 17.3 Å². The number of nitrogens with zero attached hydrogens (tertiary/aromatic N) is 3. The molecule has 0 bridgehead atoms. The molecule has 29 heavy (non-hydrogen) atoms. The van der Waals surface area contributed by atoms with Crippen LogP contribution in [0, 0.1) is 21.8 Å². The van der Waals surface area contributed by atoms with Crippen LogP contribution in [-0.4, -0.2) is 34.5 Å². The Balaban J connectivity index is 1.49. The van der Waals surface area contributed by atoms with Crippen LogP contribution in [0.1, 0.15) is 30.9 Å². The average molecular weight is 398 g/mol. The van der Waals surface area contributed by atoms with Crippen LogP contribution in [0.15, 0.2) is 53.6 Å². The summed E-state index contributed by atoms with van der Waals surface area (Å²) in [5.41, 5.74) is 4.55. The Morgan fingerprint density at radius 2 is 1.86 bits per heavy atom. The fourth-order valence-corrected chi connectivity index (χ4v) is 3.34. The van der Waals surface area contributed by atoms with E-state index in [4.69, 9.17) is 0 Å². The molecule has 7 nitrogen and oxygen atoms in total. The summed E-state index contributed by atoms with van der Waals surface area (Å²) in [5, 5.41) is 14.8. The molecule has 3 rings (SSSR count). The molecule has 1 N–H and O–H groups in total. The molecule has 0 spiro atoms. The highest BCUT2D eigenvalue weighted by Crippen LogP contribution is 2.20. The monoisotopic (exact) mass is 398 g/mol. The molecule has 0 saturated carbocycles. The number of likely N-dealkylation sites (tertiary alicyclic amines) is 1. The normalized spacial score (nSPS) is 15.9. The van der Waals surface area contributed by atoms with Gasteiger partial charge in [-0.15, -0.1) is 0 Å². The van der Waals surface area contributed by atoms with Crippen molar-refractivity contribution in [3.8, 4) is 0 Å². The van der Waals surface area contributed by atoms with Gasteiger partial charge in [0.05, 0.1) is 10.6 Å². The van der Waals surface area contributed by atoms with E-state index >= 15 is 0 Å². The molecule has 0 atom stereocenters. The van der Waals surface area contributed by atoms with E-state index in [9.17, 15) is 19.3 Å². The van der Waals surface area contributed by atoms with Crippen LogP contribution in [0.3, 0.4) is 0 Å². The predicted molar refractivity (Wildman–Crippen MR) is 108 cm³/mol. The van der Waals surface area contributed by atoms with Crippen LogP contribution in [0.4, 0.5) is 10.1 Å². The van der Waals surface area contributed by atoms with E-state index in [0.29, 0.717) is 36.2 Å². The largest absolute Gasteiger partial charge is 0.299 e. The summed E-state index contributed by atoms with van der Waals surface area (Å²) in [6, 6.07) is 12.8. The van der Waals surface area contributed by atoms with E-state index in [1.54, 1.807) is 31.2 Å². The van der Waals surface area contributed by atoms with Gasteiger partial charge < -0.3 is 0 Å². The minimum atomic E-state index is -0.462. The Kier molecular flexibility index (Phi) is 6.66. The second kappa shape index (κ2) is 9.38. The molecule has 0 radical (unpaired) electrons. The smallest absolute Gasteiger partial charge is 0.269 e. The summed E-state index contributed by atoms with van der Waals surface area (Å²) in [5.74, 6) is -0.486. The van der Waals surface area contributed by atoms with Crippen molar-refractivity contribution in [2.75, 3.05) is 13.1 Å². The number of nitrogens with one attached hydrogen (secondary N) is 1. The Morgan fingerprint density at radius 3 is 2.48 bits per heavy atom. The van der Waals surface area contributed by atoms with Crippen molar-refractivity contribution in [1.82, 2.24) is 10.3 Å². The standard InChI is InChI=1S/C21H23FN4O3/c1-15(16-6-8-19(9-7-16)26(28)29)23-24-21(27)17-10-12-25(13-11-17)14-18-4-2-3-5-20(18)22/h2-9,17H,10-14H2,1H3,(H,24,27). The zero-order valence-electron chi connectivity index (χ0n) is 16.2. The van der Waals surface area contributed by atoms with Crippen molar-refractivity contribution in [1.29, 1.82) is 0 Å². The molecular weight excluding hydrogens is 375 g/mol. The quantitative estimate of drug-likeness (QED) is 0.458. The van der Waals surface area contributed by atoms with Crippen molar-refractivity contribution in [2.45, 2.75) is 26.3 Å². The number of amides is 1. The molecule has 1 aliphatic heterocycles. The first kappa shape index (κ1) is 20.6. The number of hydrazone groups is 1. The Morgan fingerprint density at radius 1 is 1.21 bits per heavy atom. The summed E-state index contributed by atoms with van der Waals surface area (Å²) in [7, 11) is 0. The van der Waals surface area contributed by atoms with Gasteiger partial charge in [0, 0.05) is 30.2 Å². The molecule has 152 valence electrons. The summed E-state index contributed by atoms with van der Waals surface area (Å²) < 4.78 is 13.8. The number of halogens is 1. The van der Waals surface area contributed by atoms with Crippen LogP contribution in [0.5, 0.6) is 0 Å².